The van der Waals surface area contributed by atoms with Gasteiger partial charge < -0.3 is 14.6 Å². The maximum absolute atomic E-state index is 9.58. The topological polar surface area (TPSA) is 38.7 Å². The number of phenolic OH excluding ortho intramolecular Hbond substituents is 1. The molecule has 0 amide bonds. The van der Waals surface area contributed by atoms with Crippen molar-refractivity contribution in [1.82, 2.24) is 0 Å². The van der Waals surface area contributed by atoms with E-state index in [-0.39, 0.29) is 11.9 Å². The molecular formula is C24H26O3. The number of aromatic hydroxyl groups is 1. The Morgan fingerprint density at radius 1 is 1.22 bits per heavy atom. The standard InChI is InChI=1S/C24H26O3/c1-18(15-20-7-6-8-21(25)16-20)11-12-24-23(13-14-26-24)19(2)17-27-22-9-4-3-5-10-22/h3-10,13,15-16,24-25H,2,11-12,14,17H2,1H3/b18-15+. The van der Waals surface area contributed by atoms with Crippen molar-refractivity contribution in [2.75, 3.05) is 13.2 Å². The van der Waals surface area contributed by atoms with Crippen LogP contribution in [0.25, 0.3) is 6.08 Å². The van der Waals surface area contributed by atoms with Gasteiger partial charge in [0.1, 0.15) is 18.1 Å². The van der Waals surface area contributed by atoms with Crippen molar-refractivity contribution in [1.29, 1.82) is 0 Å². The summed E-state index contributed by atoms with van der Waals surface area (Å²) in [7, 11) is 0. The van der Waals surface area contributed by atoms with E-state index in [9.17, 15) is 5.11 Å². The summed E-state index contributed by atoms with van der Waals surface area (Å²) < 4.78 is 11.7. The van der Waals surface area contributed by atoms with Gasteiger partial charge in [-0.05, 0) is 60.7 Å². The van der Waals surface area contributed by atoms with Crippen LogP contribution in [0.4, 0.5) is 0 Å². The Hall–Kier alpha value is -2.78. The molecule has 0 aliphatic carbocycles. The van der Waals surface area contributed by atoms with Crippen molar-refractivity contribution < 1.29 is 14.6 Å². The van der Waals surface area contributed by atoms with Crippen LogP contribution in [0, 0.1) is 0 Å². The average molecular weight is 362 g/mol. The van der Waals surface area contributed by atoms with Crippen LogP contribution in [-0.2, 0) is 4.74 Å². The summed E-state index contributed by atoms with van der Waals surface area (Å²) in [5.41, 5.74) is 4.38. The van der Waals surface area contributed by atoms with Gasteiger partial charge in [0.15, 0.2) is 0 Å². The average Bonchev–Trinajstić information content (AvgIpc) is 3.14. The van der Waals surface area contributed by atoms with Crippen molar-refractivity contribution in [3.63, 3.8) is 0 Å². The molecule has 3 rings (SSSR count). The summed E-state index contributed by atoms with van der Waals surface area (Å²) in [4.78, 5) is 0. The smallest absolute Gasteiger partial charge is 0.119 e. The molecule has 1 aliphatic rings. The predicted molar refractivity (Wildman–Crippen MR) is 110 cm³/mol. The maximum Gasteiger partial charge on any atom is 0.119 e. The van der Waals surface area contributed by atoms with E-state index in [0.717, 1.165) is 35.3 Å². The first-order chi connectivity index (χ1) is 13.1. The Bertz CT molecular complexity index is 834. The highest BCUT2D eigenvalue weighted by molar-refractivity contribution is 5.54. The summed E-state index contributed by atoms with van der Waals surface area (Å²) in [5.74, 6) is 1.13. The lowest BCUT2D eigenvalue weighted by atomic mass is 9.97. The third-order valence-electron chi connectivity index (χ3n) is 4.60. The van der Waals surface area contributed by atoms with E-state index >= 15 is 0 Å². The van der Waals surface area contributed by atoms with Gasteiger partial charge in [-0.2, -0.15) is 0 Å². The van der Waals surface area contributed by atoms with E-state index in [0.29, 0.717) is 13.2 Å². The highest BCUT2D eigenvalue weighted by Crippen LogP contribution is 2.27. The SMILES string of the molecule is C=C(COc1ccccc1)C1=CCOC1CC/C(C)=C/c1cccc(O)c1. The lowest BCUT2D eigenvalue weighted by Gasteiger charge is -2.17. The summed E-state index contributed by atoms with van der Waals surface area (Å²) in [5, 5.41) is 9.58. The summed E-state index contributed by atoms with van der Waals surface area (Å²) >= 11 is 0. The minimum atomic E-state index is 0.0596. The number of ether oxygens (including phenoxy) is 2. The number of hydrogen-bond acceptors (Lipinski definition) is 3. The van der Waals surface area contributed by atoms with Crippen LogP contribution in [0.2, 0.25) is 0 Å². The van der Waals surface area contributed by atoms with Gasteiger partial charge in [0, 0.05) is 0 Å². The van der Waals surface area contributed by atoms with Gasteiger partial charge in [0.05, 0.1) is 12.7 Å². The second kappa shape index (κ2) is 9.24. The van der Waals surface area contributed by atoms with Gasteiger partial charge in [-0.25, -0.2) is 0 Å². The molecule has 1 unspecified atom stereocenters. The maximum atomic E-state index is 9.58. The molecule has 1 heterocycles. The van der Waals surface area contributed by atoms with Crippen LogP contribution < -0.4 is 4.74 Å². The fraction of sp³-hybridized carbons (Fsp3) is 0.250. The number of rotatable bonds is 8. The van der Waals surface area contributed by atoms with Gasteiger partial charge in [-0.15, -0.1) is 0 Å². The molecule has 3 nitrogen and oxygen atoms in total. The summed E-state index contributed by atoms with van der Waals surface area (Å²) in [6.07, 6.45) is 6.09. The molecular weight excluding hydrogens is 336 g/mol. The molecule has 0 aromatic heterocycles. The van der Waals surface area contributed by atoms with E-state index in [1.54, 1.807) is 12.1 Å². The van der Waals surface area contributed by atoms with Crippen LogP contribution in [0.3, 0.4) is 0 Å². The number of allylic oxidation sites excluding steroid dienone is 1. The fourth-order valence-electron chi connectivity index (χ4n) is 3.19. The zero-order chi connectivity index (χ0) is 19.1. The van der Waals surface area contributed by atoms with Crippen molar-refractivity contribution in [2.45, 2.75) is 25.9 Å². The second-order valence-corrected chi connectivity index (χ2v) is 6.81. The van der Waals surface area contributed by atoms with Gasteiger partial charge in [-0.1, -0.05) is 54.6 Å². The Labute approximate surface area is 161 Å². The zero-order valence-electron chi connectivity index (χ0n) is 15.7. The molecule has 3 heteroatoms. The van der Waals surface area contributed by atoms with E-state index in [1.807, 2.05) is 42.5 Å². The number of benzene rings is 2. The summed E-state index contributed by atoms with van der Waals surface area (Å²) in [6.45, 7) is 7.39. The molecule has 0 fully saturated rings. The molecule has 0 bridgehead atoms. The Morgan fingerprint density at radius 3 is 2.81 bits per heavy atom. The molecule has 0 radical (unpaired) electrons. The lowest BCUT2D eigenvalue weighted by Crippen LogP contribution is -2.14. The van der Waals surface area contributed by atoms with Gasteiger partial charge in [-0.3, -0.25) is 0 Å². The molecule has 0 saturated heterocycles. The minimum absolute atomic E-state index is 0.0596. The molecule has 1 aliphatic heterocycles. The quantitative estimate of drug-likeness (QED) is 0.670. The van der Waals surface area contributed by atoms with Crippen molar-refractivity contribution in [3.8, 4) is 11.5 Å². The summed E-state index contributed by atoms with van der Waals surface area (Å²) in [6, 6.07) is 17.1. The predicted octanol–water partition coefficient (Wildman–Crippen LogP) is 5.54. The number of para-hydroxylation sites is 1. The molecule has 140 valence electrons. The van der Waals surface area contributed by atoms with Crippen LogP contribution in [0.15, 0.2) is 84.0 Å². The van der Waals surface area contributed by atoms with E-state index < -0.39 is 0 Å². The fourth-order valence-corrected chi connectivity index (χ4v) is 3.19. The molecule has 1 N–H and O–H groups in total. The van der Waals surface area contributed by atoms with Crippen molar-refractivity contribution in [2.24, 2.45) is 0 Å². The second-order valence-electron chi connectivity index (χ2n) is 6.81. The zero-order valence-corrected chi connectivity index (χ0v) is 15.7. The Kier molecular flexibility index (Phi) is 6.50. The largest absolute Gasteiger partial charge is 0.508 e. The molecule has 27 heavy (non-hydrogen) atoms. The Morgan fingerprint density at radius 2 is 2.04 bits per heavy atom. The third-order valence-corrected chi connectivity index (χ3v) is 4.60. The highest BCUT2D eigenvalue weighted by atomic mass is 16.5. The van der Waals surface area contributed by atoms with Crippen LogP contribution >= 0.6 is 0 Å². The monoisotopic (exact) mass is 362 g/mol. The van der Waals surface area contributed by atoms with Crippen molar-refractivity contribution >= 4 is 6.08 Å². The molecule has 2 aromatic rings. The molecule has 0 spiro atoms. The first-order valence-corrected chi connectivity index (χ1v) is 9.25. The normalized spacial score (nSPS) is 16.9. The van der Waals surface area contributed by atoms with Gasteiger partial charge in [0.25, 0.3) is 0 Å². The Balaban J connectivity index is 1.52. The van der Waals surface area contributed by atoms with E-state index in [2.05, 4.69) is 25.7 Å². The number of hydrogen-bond donors (Lipinski definition) is 1. The van der Waals surface area contributed by atoms with E-state index in [4.69, 9.17) is 9.47 Å². The van der Waals surface area contributed by atoms with Crippen LogP contribution in [-0.4, -0.2) is 24.4 Å². The number of phenols is 1. The van der Waals surface area contributed by atoms with Crippen molar-refractivity contribution in [3.05, 3.63) is 89.5 Å². The van der Waals surface area contributed by atoms with Crippen LogP contribution in [0.5, 0.6) is 11.5 Å². The van der Waals surface area contributed by atoms with Crippen LogP contribution in [0.1, 0.15) is 25.3 Å². The molecule has 0 saturated carbocycles. The molecule has 1 atom stereocenters. The van der Waals surface area contributed by atoms with E-state index in [1.165, 1.54) is 5.57 Å². The lowest BCUT2D eigenvalue weighted by molar-refractivity contribution is 0.116. The van der Waals surface area contributed by atoms with Gasteiger partial charge >= 0.3 is 0 Å². The first kappa shape index (κ1) is 19.0. The first-order valence-electron chi connectivity index (χ1n) is 9.25. The minimum Gasteiger partial charge on any atom is -0.508 e. The molecule has 2 aromatic carbocycles. The van der Waals surface area contributed by atoms with Gasteiger partial charge in [0.2, 0.25) is 0 Å². The third kappa shape index (κ3) is 5.60. The highest BCUT2D eigenvalue weighted by Gasteiger charge is 2.22.